The van der Waals surface area contributed by atoms with Crippen LogP contribution in [0.15, 0.2) is 40.4 Å². The van der Waals surface area contributed by atoms with Gasteiger partial charge in [-0.05, 0) is 53.0 Å². The van der Waals surface area contributed by atoms with Crippen LogP contribution in [-0.4, -0.2) is 28.9 Å². The van der Waals surface area contributed by atoms with Crippen molar-refractivity contribution in [2.24, 2.45) is 0 Å². The molecule has 0 atom stereocenters. The Bertz CT molecular complexity index is 541. The maximum atomic E-state index is 12.3. The summed E-state index contributed by atoms with van der Waals surface area (Å²) in [5.74, 6) is 0.104. The van der Waals surface area contributed by atoms with E-state index < -0.39 is 0 Å². The van der Waals surface area contributed by atoms with Crippen molar-refractivity contribution < 1.29 is 4.79 Å². The van der Waals surface area contributed by atoms with Gasteiger partial charge in [0.1, 0.15) is 0 Å². The molecule has 3 nitrogen and oxygen atoms in total. The largest absolute Gasteiger partial charge is 0.338 e. The molecule has 0 aromatic carbocycles. The number of thiophene rings is 1. The fraction of sp³-hybridized carbons (Fsp3) is 0.286. The molecule has 5 heteroatoms. The second-order valence-corrected chi connectivity index (χ2v) is 5.95. The molecule has 100 valence electrons. The Hall–Kier alpha value is -1.20. The third kappa shape index (κ3) is 3.88. The molecule has 2 rings (SSSR count). The highest BCUT2D eigenvalue weighted by Crippen LogP contribution is 2.21. The molecule has 0 aliphatic rings. The van der Waals surface area contributed by atoms with Crippen LogP contribution in [0.2, 0.25) is 0 Å². The molecule has 0 saturated carbocycles. The predicted octanol–water partition coefficient (Wildman–Crippen LogP) is 3.61. The lowest BCUT2D eigenvalue weighted by Crippen LogP contribution is -2.32. The highest BCUT2D eigenvalue weighted by atomic mass is 79.9. The van der Waals surface area contributed by atoms with Gasteiger partial charge in [-0.15, -0.1) is 11.3 Å². The topological polar surface area (TPSA) is 33.2 Å². The van der Waals surface area contributed by atoms with Crippen LogP contribution in [0.4, 0.5) is 0 Å². The van der Waals surface area contributed by atoms with E-state index in [1.165, 1.54) is 16.9 Å². The van der Waals surface area contributed by atoms with Crippen molar-refractivity contribution in [3.05, 3.63) is 50.9 Å². The molecule has 0 N–H and O–H groups in total. The van der Waals surface area contributed by atoms with E-state index in [1.54, 1.807) is 12.4 Å². The van der Waals surface area contributed by atoms with Crippen molar-refractivity contribution in [1.82, 2.24) is 9.88 Å². The summed E-state index contributed by atoms with van der Waals surface area (Å²) in [6.45, 7) is 3.46. The number of likely N-dealkylation sites (N-methyl/N-ethyl adjacent to an activating group) is 1. The summed E-state index contributed by atoms with van der Waals surface area (Å²) in [6.07, 6.45) is 4.42. The van der Waals surface area contributed by atoms with Crippen LogP contribution in [-0.2, 0) is 6.42 Å². The van der Waals surface area contributed by atoms with E-state index in [1.807, 2.05) is 35.4 Å². The van der Waals surface area contributed by atoms with Crippen LogP contribution in [0, 0.1) is 0 Å². The molecule has 2 aromatic rings. The Labute approximate surface area is 125 Å². The fourth-order valence-electron chi connectivity index (χ4n) is 1.80. The maximum absolute atomic E-state index is 12.3. The summed E-state index contributed by atoms with van der Waals surface area (Å²) in [7, 11) is 0. The summed E-state index contributed by atoms with van der Waals surface area (Å²) in [6, 6.07) is 5.85. The average Bonchev–Trinajstić information content (AvgIpc) is 2.87. The lowest BCUT2D eigenvalue weighted by Gasteiger charge is -2.20. The van der Waals surface area contributed by atoms with Gasteiger partial charge >= 0.3 is 0 Å². The quantitative estimate of drug-likeness (QED) is 0.834. The third-order valence-electron chi connectivity index (χ3n) is 2.87. The minimum atomic E-state index is 0.104. The van der Waals surface area contributed by atoms with E-state index in [0.717, 1.165) is 28.9 Å². The first-order valence-electron chi connectivity index (χ1n) is 6.13. The Morgan fingerprint density at radius 2 is 2.16 bits per heavy atom. The summed E-state index contributed by atoms with van der Waals surface area (Å²) >= 11 is 4.85. The Balaban J connectivity index is 1.98. The van der Waals surface area contributed by atoms with Crippen molar-refractivity contribution >= 4 is 33.2 Å². The van der Waals surface area contributed by atoms with Gasteiger partial charge in [0.15, 0.2) is 0 Å². The number of rotatable bonds is 5. The van der Waals surface area contributed by atoms with Crippen molar-refractivity contribution in [2.75, 3.05) is 13.1 Å². The third-order valence-corrected chi connectivity index (χ3v) is 4.55. The monoisotopic (exact) mass is 338 g/mol. The van der Waals surface area contributed by atoms with E-state index >= 15 is 0 Å². The van der Waals surface area contributed by atoms with Crippen LogP contribution in [0.25, 0.3) is 0 Å². The normalized spacial score (nSPS) is 10.4. The molecule has 1 amide bonds. The molecule has 0 spiro atoms. The SMILES string of the molecule is CCN(CCc1ccncc1)C(=O)c1cc(Br)cs1. The van der Waals surface area contributed by atoms with Crippen molar-refractivity contribution in [1.29, 1.82) is 0 Å². The number of amides is 1. The standard InChI is InChI=1S/C14H15BrN2OS/c1-2-17(8-5-11-3-6-16-7-4-11)14(18)13-9-12(15)10-19-13/h3-4,6-7,9-10H,2,5,8H2,1H3. The van der Waals surface area contributed by atoms with E-state index in [2.05, 4.69) is 20.9 Å². The smallest absolute Gasteiger partial charge is 0.263 e. The first-order valence-corrected chi connectivity index (χ1v) is 7.80. The highest BCUT2D eigenvalue weighted by Gasteiger charge is 2.15. The number of nitrogens with zero attached hydrogens (tertiary/aromatic N) is 2. The van der Waals surface area contributed by atoms with Gasteiger partial charge in [0.25, 0.3) is 5.91 Å². The molecular weight excluding hydrogens is 324 g/mol. The van der Waals surface area contributed by atoms with Gasteiger partial charge in [0, 0.05) is 35.3 Å². The van der Waals surface area contributed by atoms with E-state index in [0.29, 0.717) is 0 Å². The van der Waals surface area contributed by atoms with Crippen molar-refractivity contribution in [2.45, 2.75) is 13.3 Å². The van der Waals surface area contributed by atoms with Gasteiger partial charge in [0.05, 0.1) is 4.88 Å². The minimum Gasteiger partial charge on any atom is -0.338 e. The summed E-state index contributed by atoms with van der Waals surface area (Å²) < 4.78 is 0.964. The molecule has 19 heavy (non-hydrogen) atoms. The Morgan fingerprint density at radius 3 is 2.74 bits per heavy atom. The number of halogens is 1. The van der Waals surface area contributed by atoms with Gasteiger partial charge in [0.2, 0.25) is 0 Å². The molecule has 0 bridgehead atoms. The number of carbonyl (C=O) groups excluding carboxylic acids is 1. The molecule has 0 unspecified atom stereocenters. The second kappa shape index (κ2) is 6.82. The van der Waals surface area contributed by atoms with Crippen LogP contribution in [0.5, 0.6) is 0 Å². The van der Waals surface area contributed by atoms with Gasteiger partial charge < -0.3 is 4.90 Å². The van der Waals surface area contributed by atoms with Crippen LogP contribution < -0.4 is 0 Å². The molecule has 0 aliphatic carbocycles. The first-order chi connectivity index (χ1) is 9.20. The van der Waals surface area contributed by atoms with E-state index in [4.69, 9.17) is 0 Å². The minimum absolute atomic E-state index is 0.104. The molecular formula is C14H15BrN2OS. The van der Waals surface area contributed by atoms with E-state index in [9.17, 15) is 4.79 Å². The Kier molecular flexibility index (Phi) is 5.10. The molecule has 0 radical (unpaired) electrons. The maximum Gasteiger partial charge on any atom is 0.263 e. The zero-order chi connectivity index (χ0) is 13.7. The fourth-order valence-corrected chi connectivity index (χ4v) is 3.19. The molecule has 2 heterocycles. The highest BCUT2D eigenvalue weighted by molar-refractivity contribution is 9.10. The molecule has 0 fully saturated rings. The van der Waals surface area contributed by atoms with Crippen molar-refractivity contribution in [3.63, 3.8) is 0 Å². The number of hydrogen-bond acceptors (Lipinski definition) is 3. The Morgan fingerprint density at radius 1 is 1.42 bits per heavy atom. The van der Waals surface area contributed by atoms with E-state index in [-0.39, 0.29) is 5.91 Å². The van der Waals surface area contributed by atoms with Gasteiger partial charge in [-0.2, -0.15) is 0 Å². The lowest BCUT2D eigenvalue weighted by molar-refractivity contribution is 0.0771. The number of pyridine rings is 1. The number of carbonyl (C=O) groups is 1. The predicted molar refractivity (Wildman–Crippen MR) is 81.5 cm³/mol. The first kappa shape index (κ1) is 14.2. The molecule has 0 saturated heterocycles. The van der Waals surface area contributed by atoms with Gasteiger partial charge in [-0.3, -0.25) is 9.78 Å². The van der Waals surface area contributed by atoms with Crippen LogP contribution in [0.1, 0.15) is 22.2 Å². The van der Waals surface area contributed by atoms with Crippen molar-refractivity contribution in [3.8, 4) is 0 Å². The summed E-state index contributed by atoms with van der Waals surface area (Å²) in [4.78, 5) is 19.0. The zero-order valence-electron chi connectivity index (χ0n) is 10.7. The lowest BCUT2D eigenvalue weighted by atomic mass is 10.2. The second-order valence-electron chi connectivity index (χ2n) is 4.12. The molecule has 2 aromatic heterocycles. The number of hydrogen-bond donors (Lipinski definition) is 0. The zero-order valence-corrected chi connectivity index (χ0v) is 13.1. The number of aromatic nitrogens is 1. The van der Waals surface area contributed by atoms with Crippen LogP contribution >= 0.6 is 27.3 Å². The van der Waals surface area contributed by atoms with Gasteiger partial charge in [-0.1, -0.05) is 0 Å². The average molecular weight is 339 g/mol. The summed E-state index contributed by atoms with van der Waals surface area (Å²) in [5.41, 5.74) is 1.20. The molecule has 0 aliphatic heterocycles. The van der Waals surface area contributed by atoms with Crippen LogP contribution in [0.3, 0.4) is 0 Å². The summed E-state index contributed by atoms with van der Waals surface area (Å²) in [5, 5.41) is 1.93. The van der Waals surface area contributed by atoms with Gasteiger partial charge in [-0.25, -0.2) is 0 Å².